The van der Waals surface area contributed by atoms with E-state index in [1.54, 1.807) is 12.1 Å². The molecule has 0 unspecified atom stereocenters. The summed E-state index contributed by atoms with van der Waals surface area (Å²) < 4.78 is 18.6. The number of hydrogen-bond donors (Lipinski definition) is 2. The molecule has 2 N–H and O–H groups in total. The molecular formula is C17H24FNO4. The predicted molar refractivity (Wildman–Crippen MR) is 84.8 cm³/mol. The molecule has 23 heavy (non-hydrogen) atoms. The number of nitrogens with one attached hydrogen (secondary N) is 1. The lowest BCUT2D eigenvalue weighted by Gasteiger charge is -2.31. The molecule has 1 aromatic rings. The Morgan fingerprint density at radius 1 is 1.26 bits per heavy atom. The number of halogens is 1. The van der Waals surface area contributed by atoms with Crippen LogP contribution in [0.25, 0.3) is 0 Å². The van der Waals surface area contributed by atoms with Crippen LogP contribution in [0.2, 0.25) is 0 Å². The third-order valence-electron chi connectivity index (χ3n) is 3.89. The molecule has 0 saturated heterocycles. The Bertz CT molecular complexity index is 529. The smallest absolute Gasteiger partial charge is 0.305 e. The van der Waals surface area contributed by atoms with E-state index in [1.807, 2.05) is 13.8 Å². The largest absolute Gasteiger partial charge is 0.491 e. The summed E-state index contributed by atoms with van der Waals surface area (Å²) >= 11 is 0. The highest BCUT2D eigenvalue weighted by atomic mass is 19.1. The number of para-hydroxylation sites is 1. The second-order valence-corrected chi connectivity index (χ2v) is 5.49. The van der Waals surface area contributed by atoms with Gasteiger partial charge in [0, 0.05) is 12.0 Å². The van der Waals surface area contributed by atoms with Gasteiger partial charge in [0.2, 0.25) is 5.91 Å². The van der Waals surface area contributed by atoms with E-state index in [0.29, 0.717) is 19.3 Å². The summed E-state index contributed by atoms with van der Waals surface area (Å²) in [7, 11) is 0. The Hall–Kier alpha value is -2.11. The maximum atomic E-state index is 13.4. The number of benzene rings is 1. The third-order valence-corrected chi connectivity index (χ3v) is 3.89. The fourth-order valence-corrected chi connectivity index (χ4v) is 2.35. The lowest BCUT2D eigenvalue weighted by Crippen LogP contribution is -2.49. The standard InChI is InChI=1S/C17H24FNO4/c1-3-17(4-2,12-16(21)22)19-15(20)10-7-11-23-14-9-6-5-8-13(14)18/h5-6,8-9H,3-4,7,10-12H2,1-2H3,(H,19,20)(H,21,22). The van der Waals surface area contributed by atoms with Crippen molar-refractivity contribution in [2.24, 2.45) is 0 Å². The zero-order valence-electron chi connectivity index (χ0n) is 13.6. The number of carbonyl (C=O) groups excluding carboxylic acids is 1. The van der Waals surface area contributed by atoms with Crippen LogP contribution in [0.4, 0.5) is 4.39 Å². The highest BCUT2D eigenvalue weighted by Crippen LogP contribution is 2.20. The van der Waals surface area contributed by atoms with Gasteiger partial charge in [0.05, 0.1) is 13.0 Å². The number of amides is 1. The van der Waals surface area contributed by atoms with Crippen LogP contribution in [-0.2, 0) is 9.59 Å². The van der Waals surface area contributed by atoms with E-state index in [0.717, 1.165) is 0 Å². The van der Waals surface area contributed by atoms with Gasteiger partial charge in [-0.15, -0.1) is 0 Å². The van der Waals surface area contributed by atoms with Crippen LogP contribution in [0.3, 0.4) is 0 Å². The lowest BCUT2D eigenvalue weighted by atomic mass is 9.88. The van der Waals surface area contributed by atoms with E-state index < -0.39 is 17.3 Å². The van der Waals surface area contributed by atoms with Gasteiger partial charge in [-0.25, -0.2) is 4.39 Å². The molecule has 0 bridgehead atoms. The van der Waals surface area contributed by atoms with Gasteiger partial charge < -0.3 is 15.2 Å². The molecule has 0 radical (unpaired) electrons. The van der Waals surface area contributed by atoms with E-state index >= 15 is 0 Å². The minimum absolute atomic E-state index is 0.0997. The van der Waals surface area contributed by atoms with Crippen molar-refractivity contribution in [1.82, 2.24) is 5.32 Å². The van der Waals surface area contributed by atoms with Gasteiger partial charge >= 0.3 is 5.97 Å². The van der Waals surface area contributed by atoms with Gasteiger partial charge in [-0.05, 0) is 31.4 Å². The van der Waals surface area contributed by atoms with Crippen molar-refractivity contribution in [2.75, 3.05) is 6.61 Å². The maximum Gasteiger partial charge on any atom is 0.305 e. The SMILES string of the molecule is CCC(CC)(CC(=O)O)NC(=O)CCCOc1ccccc1F. The Morgan fingerprint density at radius 2 is 1.91 bits per heavy atom. The number of carboxylic acid groups (broad SMARTS) is 1. The normalized spacial score (nSPS) is 11.1. The van der Waals surface area contributed by atoms with Crippen molar-refractivity contribution in [3.63, 3.8) is 0 Å². The average molecular weight is 325 g/mol. The van der Waals surface area contributed by atoms with Crippen LogP contribution in [0, 0.1) is 5.82 Å². The summed E-state index contributed by atoms with van der Waals surface area (Å²) in [6.45, 7) is 3.93. The monoisotopic (exact) mass is 325 g/mol. The van der Waals surface area contributed by atoms with Crippen LogP contribution in [0.1, 0.15) is 46.0 Å². The van der Waals surface area contributed by atoms with E-state index in [9.17, 15) is 14.0 Å². The molecule has 6 heteroatoms. The minimum Gasteiger partial charge on any atom is -0.491 e. The third kappa shape index (κ3) is 6.26. The minimum atomic E-state index is -0.933. The summed E-state index contributed by atoms with van der Waals surface area (Å²) in [5.74, 6) is -1.42. The molecule has 0 aliphatic carbocycles. The molecule has 0 saturated carbocycles. The Kier molecular flexibility index (Phi) is 7.51. The second kappa shape index (κ2) is 9.12. The van der Waals surface area contributed by atoms with E-state index in [1.165, 1.54) is 12.1 Å². The van der Waals surface area contributed by atoms with Gasteiger partial charge in [-0.2, -0.15) is 0 Å². The Labute approximate surface area is 135 Å². The highest BCUT2D eigenvalue weighted by Gasteiger charge is 2.30. The van der Waals surface area contributed by atoms with Gasteiger partial charge in [-0.3, -0.25) is 9.59 Å². The van der Waals surface area contributed by atoms with Crippen molar-refractivity contribution in [3.8, 4) is 5.75 Å². The summed E-state index contributed by atoms with van der Waals surface area (Å²) in [6.07, 6.45) is 1.63. The van der Waals surface area contributed by atoms with Crippen LogP contribution in [-0.4, -0.2) is 29.1 Å². The van der Waals surface area contributed by atoms with Crippen LogP contribution >= 0.6 is 0 Å². The molecule has 1 aromatic carbocycles. The molecule has 0 heterocycles. The quantitative estimate of drug-likeness (QED) is 0.648. The fourth-order valence-electron chi connectivity index (χ4n) is 2.35. The Balaban J connectivity index is 2.41. The van der Waals surface area contributed by atoms with Gasteiger partial charge in [0.1, 0.15) is 0 Å². The van der Waals surface area contributed by atoms with Gasteiger partial charge in [-0.1, -0.05) is 26.0 Å². The molecule has 1 rings (SSSR count). The molecule has 5 nitrogen and oxygen atoms in total. The van der Waals surface area contributed by atoms with Crippen molar-refractivity contribution >= 4 is 11.9 Å². The van der Waals surface area contributed by atoms with Crippen molar-refractivity contribution < 1.29 is 23.8 Å². The van der Waals surface area contributed by atoms with Crippen LogP contribution in [0.5, 0.6) is 5.75 Å². The molecular weight excluding hydrogens is 301 g/mol. The molecule has 0 atom stereocenters. The molecule has 0 spiro atoms. The summed E-state index contributed by atoms with van der Waals surface area (Å²) in [5.41, 5.74) is -0.713. The predicted octanol–water partition coefficient (Wildman–Crippen LogP) is 3.13. The number of aliphatic carboxylic acids is 1. The lowest BCUT2D eigenvalue weighted by molar-refractivity contribution is -0.139. The van der Waals surface area contributed by atoms with Crippen LogP contribution in [0.15, 0.2) is 24.3 Å². The number of carbonyl (C=O) groups is 2. The van der Waals surface area contributed by atoms with E-state index in [-0.39, 0.29) is 31.1 Å². The Morgan fingerprint density at radius 3 is 2.48 bits per heavy atom. The second-order valence-electron chi connectivity index (χ2n) is 5.49. The van der Waals surface area contributed by atoms with Crippen molar-refractivity contribution in [2.45, 2.75) is 51.5 Å². The molecule has 128 valence electrons. The number of ether oxygens (including phenoxy) is 1. The van der Waals surface area contributed by atoms with Gasteiger partial charge in [0.25, 0.3) is 0 Å². The van der Waals surface area contributed by atoms with Gasteiger partial charge in [0.15, 0.2) is 11.6 Å². The number of hydrogen-bond acceptors (Lipinski definition) is 3. The summed E-state index contributed by atoms with van der Waals surface area (Å²) in [6, 6.07) is 6.09. The number of rotatable bonds is 10. The first-order valence-electron chi connectivity index (χ1n) is 7.82. The molecule has 0 aliphatic heterocycles. The van der Waals surface area contributed by atoms with E-state index in [2.05, 4.69) is 5.32 Å². The zero-order valence-corrected chi connectivity index (χ0v) is 13.6. The van der Waals surface area contributed by atoms with Crippen molar-refractivity contribution in [3.05, 3.63) is 30.1 Å². The first-order valence-corrected chi connectivity index (χ1v) is 7.82. The first-order chi connectivity index (χ1) is 10.9. The zero-order chi connectivity index (χ0) is 17.3. The highest BCUT2D eigenvalue weighted by molar-refractivity contribution is 5.78. The first kappa shape index (κ1) is 18.9. The maximum absolute atomic E-state index is 13.4. The number of carboxylic acids is 1. The molecule has 0 aliphatic rings. The topological polar surface area (TPSA) is 75.6 Å². The van der Waals surface area contributed by atoms with Crippen molar-refractivity contribution in [1.29, 1.82) is 0 Å². The average Bonchev–Trinajstić information content (AvgIpc) is 2.52. The fraction of sp³-hybridized carbons (Fsp3) is 0.529. The molecule has 1 amide bonds. The summed E-state index contributed by atoms with van der Waals surface area (Å²) in [4.78, 5) is 23.0. The molecule has 0 aromatic heterocycles. The molecule has 0 fully saturated rings. The van der Waals surface area contributed by atoms with E-state index in [4.69, 9.17) is 9.84 Å². The summed E-state index contributed by atoms with van der Waals surface area (Å²) in [5, 5.41) is 11.8. The van der Waals surface area contributed by atoms with Crippen LogP contribution < -0.4 is 10.1 Å².